The van der Waals surface area contributed by atoms with E-state index in [0.29, 0.717) is 34.3 Å². The van der Waals surface area contributed by atoms with Gasteiger partial charge in [-0.15, -0.1) is 0 Å². The van der Waals surface area contributed by atoms with Gasteiger partial charge in [-0.2, -0.15) is 4.98 Å². The minimum absolute atomic E-state index is 0.0151. The van der Waals surface area contributed by atoms with Crippen molar-refractivity contribution in [3.63, 3.8) is 0 Å². The van der Waals surface area contributed by atoms with E-state index >= 15 is 0 Å². The van der Waals surface area contributed by atoms with Gasteiger partial charge in [0.2, 0.25) is 0 Å². The van der Waals surface area contributed by atoms with Gasteiger partial charge >= 0.3 is 5.97 Å². The fourth-order valence-corrected chi connectivity index (χ4v) is 3.64. The Balaban J connectivity index is 1.79. The van der Waals surface area contributed by atoms with Gasteiger partial charge in [-0.1, -0.05) is 28.0 Å². The van der Waals surface area contributed by atoms with Crippen molar-refractivity contribution in [1.29, 1.82) is 0 Å². The minimum atomic E-state index is -0.648. The van der Waals surface area contributed by atoms with E-state index in [-0.39, 0.29) is 11.6 Å². The maximum absolute atomic E-state index is 12.5. The predicted octanol–water partition coefficient (Wildman–Crippen LogP) is 4.78. The van der Waals surface area contributed by atoms with Crippen LogP contribution in [-0.4, -0.2) is 32.0 Å². The fraction of sp³-hybridized carbons (Fsp3) is 0.381. The van der Waals surface area contributed by atoms with Crippen LogP contribution in [0, 0.1) is 13.8 Å². The van der Waals surface area contributed by atoms with E-state index in [1.807, 2.05) is 45.9 Å². The predicted molar refractivity (Wildman–Crippen MR) is 110 cm³/mol. The summed E-state index contributed by atoms with van der Waals surface area (Å²) >= 11 is 6.60. The molecule has 2 aromatic heterocycles. The lowest BCUT2D eigenvalue weighted by molar-refractivity contribution is -0.155. The van der Waals surface area contributed by atoms with E-state index in [1.54, 1.807) is 6.92 Å². The Morgan fingerprint density at radius 1 is 1.17 bits per heavy atom. The number of aromatic nitrogens is 3. The van der Waals surface area contributed by atoms with Crippen LogP contribution >= 0.6 is 11.6 Å². The SMILES string of the molecule is Cc1noc(-c2ccc3c(c2)C(Cl)=N[C@@H](CC(=O)OC(C)(C)C)c2onc(C)c2-3)n1. The first-order chi connectivity index (χ1) is 14.1. The molecular formula is C21H21ClN4O4. The summed E-state index contributed by atoms with van der Waals surface area (Å²) in [6.45, 7) is 9.03. The topological polar surface area (TPSA) is 104 Å². The Bertz CT molecular complexity index is 1160. The van der Waals surface area contributed by atoms with Gasteiger partial charge in [0.05, 0.1) is 17.7 Å². The summed E-state index contributed by atoms with van der Waals surface area (Å²) in [5.74, 6) is 1.01. The highest BCUT2D eigenvalue weighted by atomic mass is 35.5. The van der Waals surface area contributed by atoms with Crippen LogP contribution in [-0.2, 0) is 9.53 Å². The van der Waals surface area contributed by atoms with E-state index in [4.69, 9.17) is 25.4 Å². The maximum Gasteiger partial charge on any atom is 0.308 e. The number of hydrogen-bond donors (Lipinski definition) is 0. The van der Waals surface area contributed by atoms with Crippen molar-refractivity contribution in [2.75, 3.05) is 0 Å². The number of rotatable bonds is 3. The molecule has 1 aliphatic heterocycles. The molecule has 156 valence electrons. The Morgan fingerprint density at radius 2 is 1.93 bits per heavy atom. The van der Waals surface area contributed by atoms with Crippen molar-refractivity contribution in [2.45, 2.75) is 52.7 Å². The second-order valence-corrected chi connectivity index (χ2v) is 8.50. The Morgan fingerprint density at radius 3 is 2.60 bits per heavy atom. The zero-order chi connectivity index (χ0) is 21.6. The molecule has 0 N–H and O–H groups in total. The van der Waals surface area contributed by atoms with Crippen molar-refractivity contribution in [1.82, 2.24) is 15.3 Å². The first-order valence-corrected chi connectivity index (χ1v) is 9.87. The number of nitrogens with zero attached hydrogens (tertiary/aromatic N) is 4. The lowest BCUT2D eigenvalue weighted by Crippen LogP contribution is -2.24. The summed E-state index contributed by atoms with van der Waals surface area (Å²) < 4.78 is 16.3. The van der Waals surface area contributed by atoms with Gasteiger partial charge in [-0.05, 0) is 52.3 Å². The molecular weight excluding hydrogens is 408 g/mol. The molecule has 0 fully saturated rings. The van der Waals surface area contributed by atoms with Crippen LogP contribution in [0.25, 0.3) is 22.6 Å². The van der Waals surface area contributed by atoms with E-state index in [1.165, 1.54) is 0 Å². The van der Waals surface area contributed by atoms with Crippen LogP contribution in [0.15, 0.2) is 32.2 Å². The molecule has 30 heavy (non-hydrogen) atoms. The van der Waals surface area contributed by atoms with E-state index < -0.39 is 17.6 Å². The molecule has 0 saturated heterocycles. The largest absolute Gasteiger partial charge is 0.460 e. The lowest BCUT2D eigenvalue weighted by atomic mass is 9.95. The number of benzene rings is 1. The van der Waals surface area contributed by atoms with Gasteiger partial charge in [-0.25, -0.2) is 0 Å². The highest BCUT2D eigenvalue weighted by Crippen LogP contribution is 2.41. The average molecular weight is 429 g/mol. The highest BCUT2D eigenvalue weighted by Gasteiger charge is 2.32. The van der Waals surface area contributed by atoms with Crippen molar-refractivity contribution >= 4 is 22.7 Å². The summed E-state index contributed by atoms with van der Waals surface area (Å²) in [7, 11) is 0. The summed E-state index contributed by atoms with van der Waals surface area (Å²) in [5, 5.41) is 8.18. The first kappa shape index (κ1) is 20.3. The molecule has 0 unspecified atom stereocenters. The number of aryl methyl sites for hydroxylation is 2. The van der Waals surface area contributed by atoms with Crippen LogP contribution < -0.4 is 0 Å². The number of carbonyl (C=O) groups is 1. The Hall–Kier alpha value is -3.00. The number of ether oxygens (including phenoxy) is 1. The van der Waals surface area contributed by atoms with Gasteiger partial charge in [0, 0.05) is 11.1 Å². The highest BCUT2D eigenvalue weighted by molar-refractivity contribution is 6.70. The second kappa shape index (κ2) is 7.36. The molecule has 0 amide bonds. The quantitative estimate of drug-likeness (QED) is 0.553. The summed E-state index contributed by atoms with van der Waals surface area (Å²) in [6, 6.07) is 4.94. The van der Waals surface area contributed by atoms with Gasteiger partial charge in [0.1, 0.15) is 16.8 Å². The maximum atomic E-state index is 12.5. The fourth-order valence-electron chi connectivity index (χ4n) is 3.37. The third-order valence-electron chi connectivity index (χ3n) is 4.53. The molecule has 3 heterocycles. The Labute approximate surface area is 178 Å². The van der Waals surface area contributed by atoms with Crippen LogP contribution in [0.5, 0.6) is 0 Å². The van der Waals surface area contributed by atoms with E-state index in [2.05, 4.69) is 20.3 Å². The third kappa shape index (κ3) is 3.87. The molecule has 1 aromatic carbocycles. The number of aliphatic imine (C=N–C) groups is 1. The van der Waals surface area contributed by atoms with Gasteiger partial charge in [0.15, 0.2) is 11.6 Å². The van der Waals surface area contributed by atoms with Gasteiger partial charge < -0.3 is 13.8 Å². The molecule has 9 heteroatoms. The van der Waals surface area contributed by atoms with E-state index in [0.717, 1.165) is 11.1 Å². The van der Waals surface area contributed by atoms with Gasteiger partial charge in [-0.3, -0.25) is 9.79 Å². The molecule has 0 bridgehead atoms. The number of esters is 1. The molecule has 4 rings (SSSR count). The van der Waals surface area contributed by atoms with Crippen LogP contribution in [0.1, 0.15) is 56.1 Å². The lowest BCUT2D eigenvalue weighted by Gasteiger charge is -2.20. The zero-order valence-electron chi connectivity index (χ0n) is 17.3. The molecule has 1 atom stereocenters. The second-order valence-electron chi connectivity index (χ2n) is 8.14. The number of halogens is 1. The van der Waals surface area contributed by atoms with Crippen LogP contribution in [0.3, 0.4) is 0 Å². The summed E-state index contributed by atoms with van der Waals surface area (Å²) in [6.07, 6.45) is -0.0151. The van der Waals surface area contributed by atoms with Crippen LogP contribution in [0.2, 0.25) is 0 Å². The molecule has 0 spiro atoms. The van der Waals surface area contributed by atoms with Crippen molar-refractivity contribution in [3.8, 4) is 22.6 Å². The zero-order valence-corrected chi connectivity index (χ0v) is 18.1. The Kier molecular flexibility index (Phi) is 4.97. The van der Waals surface area contributed by atoms with E-state index in [9.17, 15) is 4.79 Å². The standard InChI is InChI=1S/C21H21ClN4O4/c1-10-17-13-7-6-12(20-23-11(2)26-30-20)8-14(13)19(22)24-15(18(17)29-25-10)9-16(27)28-21(3,4)5/h6-8,15H,9H2,1-5H3/t15-/m0/s1. The van der Waals surface area contributed by atoms with Crippen LogP contribution in [0.4, 0.5) is 0 Å². The van der Waals surface area contributed by atoms with Gasteiger partial charge in [0.25, 0.3) is 5.89 Å². The monoisotopic (exact) mass is 428 g/mol. The number of carbonyl (C=O) groups excluding carboxylic acids is 1. The molecule has 0 radical (unpaired) electrons. The number of hydrogen-bond acceptors (Lipinski definition) is 8. The first-order valence-electron chi connectivity index (χ1n) is 9.49. The molecule has 1 aliphatic rings. The summed E-state index contributed by atoms with van der Waals surface area (Å²) in [5.41, 5.74) is 3.04. The molecule has 3 aromatic rings. The molecule has 8 nitrogen and oxygen atoms in total. The molecule has 0 saturated carbocycles. The number of fused-ring (bicyclic) bond motifs is 3. The molecule has 0 aliphatic carbocycles. The smallest absolute Gasteiger partial charge is 0.308 e. The summed E-state index contributed by atoms with van der Waals surface area (Å²) in [4.78, 5) is 21.3. The third-order valence-corrected chi connectivity index (χ3v) is 4.83. The van der Waals surface area contributed by atoms with Crippen molar-refractivity contribution in [3.05, 3.63) is 41.0 Å². The minimum Gasteiger partial charge on any atom is -0.460 e. The normalized spacial score (nSPS) is 15.8. The van der Waals surface area contributed by atoms with Crippen molar-refractivity contribution in [2.24, 2.45) is 4.99 Å². The average Bonchev–Trinajstić information content (AvgIpc) is 3.22. The van der Waals surface area contributed by atoms with Crippen molar-refractivity contribution < 1.29 is 18.6 Å².